The standard InChI is InChI=1S/C20H17NO4/c1-24-19-10-8-16(12-21-19)15-7-9-18(17(11-15)20(22)23)25-13-14-5-3-2-4-6-14/h2-12H,13H2,1H3,(H,22,23). The van der Waals surface area contributed by atoms with Gasteiger partial charge in [0.2, 0.25) is 5.88 Å². The molecule has 5 nitrogen and oxygen atoms in total. The minimum absolute atomic E-state index is 0.115. The summed E-state index contributed by atoms with van der Waals surface area (Å²) in [7, 11) is 1.55. The van der Waals surface area contributed by atoms with Gasteiger partial charge in [-0.25, -0.2) is 9.78 Å². The van der Waals surface area contributed by atoms with E-state index >= 15 is 0 Å². The number of rotatable bonds is 6. The molecular formula is C20H17NO4. The van der Waals surface area contributed by atoms with E-state index in [1.54, 1.807) is 31.5 Å². The summed E-state index contributed by atoms with van der Waals surface area (Å²) in [5, 5.41) is 9.50. The van der Waals surface area contributed by atoms with Crippen molar-refractivity contribution < 1.29 is 19.4 Å². The lowest BCUT2D eigenvalue weighted by Gasteiger charge is -2.11. The van der Waals surface area contributed by atoms with E-state index in [4.69, 9.17) is 9.47 Å². The second-order valence-corrected chi connectivity index (χ2v) is 5.38. The summed E-state index contributed by atoms with van der Waals surface area (Å²) < 4.78 is 10.7. The monoisotopic (exact) mass is 335 g/mol. The maximum atomic E-state index is 11.6. The van der Waals surface area contributed by atoms with Crippen molar-refractivity contribution >= 4 is 5.97 Å². The first kappa shape index (κ1) is 16.5. The summed E-state index contributed by atoms with van der Waals surface area (Å²) in [6.07, 6.45) is 1.64. The van der Waals surface area contributed by atoms with Gasteiger partial charge in [-0.1, -0.05) is 36.4 Å². The molecule has 1 aromatic heterocycles. The Morgan fingerprint density at radius 2 is 1.80 bits per heavy atom. The molecule has 0 amide bonds. The van der Waals surface area contributed by atoms with E-state index < -0.39 is 5.97 Å². The molecule has 5 heteroatoms. The number of hydrogen-bond acceptors (Lipinski definition) is 4. The highest BCUT2D eigenvalue weighted by molar-refractivity contribution is 5.92. The molecule has 0 aliphatic heterocycles. The number of carboxylic acid groups (broad SMARTS) is 1. The molecule has 0 aliphatic rings. The zero-order chi connectivity index (χ0) is 17.6. The second-order valence-electron chi connectivity index (χ2n) is 5.38. The molecule has 25 heavy (non-hydrogen) atoms. The van der Waals surface area contributed by atoms with Gasteiger partial charge in [-0.2, -0.15) is 0 Å². The van der Waals surface area contributed by atoms with Gasteiger partial charge >= 0.3 is 5.97 Å². The average molecular weight is 335 g/mol. The number of aromatic nitrogens is 1. The van der Waals surface area contributed by atoms with Gasteiger partial charge in [0.25, 0.3) is 0 Å². The highest BCUT2D eigenvalue weighted by Gasteiger charge is 2.13. The van der Waals surface area contributed by atoms with Crippen molar-refractivity contribution in [2.75, 3.05) is 7.11 Å². The summed E-state index contributed by atoms with van der Waals surface area (Å²) in [5.74, 6) is -0.196. The number of carbonyl (C=O) groups is 1. The highest BCUT2D eigenvalue weighted by atomic mass is 16.5. The van der Waals surface area contributed by atoms with Gasteiger partial charge in [-0.15, -0.1) is 0 Å². The quantitative estimate of drug-likeness (QED) is 0.736. The van der Waals surface area contributed by atoms with Crippen LogP contribution in [0.2, 0.25) is 0 Å². The molecule has 0 unspecified atom stereocenters. The normalized spacial score (nSPS) is 10.3. The van der Waals surface area contributed by atoms with Crippen molar-refractivity contribution in [3.05, 3.63) is 78.0 Å². The van der Waals surface area contributed by atoms with E-state index in [1.165, 1.54) is 0 Å². The van der Waals surface area contributed by atoms with Crippen LogP contribution >= 0.6 is 0 Å². The predicted octanol–water partition coefficient (Wildman–Crippen LogP) is 4.03. The molecule has 0 radical (unpaired) electrons. The van der Waals surface area contributed by atoms with Crippen LogP contribution in [0.1, 0.15) is 15.9 Å². The van der Waals surface area contributed by atoms with Crippen molar-refractivity contribution in [2.24, 2.45) is 0 Å². The molecule has 0 spiro atoms. The fraction of sp³-hybridized carbons (Fsp3) is 0.100. The summed E-state index contributed by atoms with van der Waals surface area (Å²) in [6.45, 7) is 0.310. The highest BCUT2D eigenvalue weighted by Crippen LogP contribution is 2.28. The molecule has 3 rings (SSSR count). The zero-order valence-corrected chi connectivity index (χ0v) is 13.7. The van der Waals surface area contributed by atoms with Crippen molar-refractivity contribution in [3.8, 4) is 22.8 Å². The lowest BCUT2D eigenvalue weighted by Crippen LogP contribution is -2.04. The smallest absolute Gasteiger partial charge is 0.339 e. The Balaban J connectivity index is 1.86. The van der Waals surface area contributed by atoms with Gasteiger partial charge in [0, 0.05) is 17.8 Å². The van der Waals surface area contributed by atoms with E-state index in [9.17, 15) is 9.90 Å². The molecular weight excluding hydrogens is 318 g/mol. The van der Waals surface area contributed by atoms with Gasteiger partial charge in [0.05, 0.1) is 7.11 Å². The average Bonchev–Trinajstić information content (AvgIpc) is 2.67. The van der Waals surface area contributed by atoms with Crippen molar-refractivity contribution in [1.29, 1.82) is 0 Å². The van der Waals surface area contributed by atoms with Crippen LogP contribution in [0.4, 0.5) is 0 Å². The van der Waals surface area contributed by atoms with Crippen LogP contribution in [-0.2, 0) is 6.61 Å². The third kappa shape index (κ3) is 3.95. The van der Waals surface area contributed by atoms with E-state index in [0.29, 0.717) is 18.2 Å². The maximum absolute atomic E-state index is 11.6. The van der Waals surface area contributed by atoms with Gasteiger partial charge in [-0.05, 0) is 29.3 Å². The summed E-state index contributed by atoms with van der Waals surface area (Å²) >= 11 is 0. The largest absolute Gasteiger partial charge is 0.488 e. The third-order valence-electron chi connectivity index (χ3n) is 3.73. The number of ether oxygens (including phenoxy) is 2. The Morgan fingerprint density at radius 3 is 2.44 bits per heavy atom. The third-order valence-corrected chi connectivity index (χ3v) is 3.73. The number of aromatic carboxylic acids is 1. The van der Waals surface area contributed by atoms with Crippen LogP contribution in [0.25, 0.3) is 11.1 Å². The van der Waals surface area contributed by atoms with Gasteiger partial charge in [0.15, 0.2) is 0 Å². The van der Waals surface area contributed by atoms with Crippen molar-refractivity contribution in [2.45, 2.75) is 6.61 Å². The number of hydrogen-bond donors (Lipinski definition) is 1. The van der Waals surface area contributed by atoms with E-state index in [2.05, 4.69) is 4.98 Å². The van der Waals surface area contributed by atoms with Crippen LogP contribution in [0.3, 0.4) is 0 Å². The van der Waals surface area contributed by atoms with Gasteiger partial charge in [-0.3, -0.25) is 0 Å². The molecule has 2 aromatic carbocycles. The number of pyridine rings is 1. The topological polar surface area (TPSA) is 68.7 Å². The molecule has 126 valence electrons. The van der Waals surface area contributed by atoms with E-state index in [1.807, 2.05) is 42.5 Å². The molecule has 0 saturated heterocycles. The Morgan fingerprint density at radius 1 is 1.04 bits per heavy atom. The molecule has 0 bridgehead atoms. The minimum Gasteiger partial charge on any atom is -0.488 e. The lowest BCUT2D eigenvalue weighted by atomic mass is 10.0. The number of carboxylic acids is 1. The SMILES string of the molecule is COc1ccc(-c2ccc(OCc3ccccc3)c(C(=O)O)c2)cn1. The van der Waals surface area contributed by atoms with Gasteiger partial charge < -0.3 is 14.6 Å². The summed E-state index contributed by atoms with van der Waals surface area (Å²) in [5.41, 5.74) is 2.64. The number of benzene rings is 2. The maximum Gasteiger partial charge on any atom is 0.339 e. The van der Waals surface area contributed by atoms with Crippen LogP contribution < -0.4 is 9.47 Å². The van der Waals surface area contributed by atoms with Crippen molar-refractivity contribution in [3.63, 3.8) is 0 Å². The number of methoxy groups -OCH3 is 1. The Bertz CT molecular complexity index is 861. The zero-order valence-electron chi connectivity index (χ0n) is 13.7. The predicted molar refractivity (Wildman–Crippen MR) is 94.0 cm³/mol. The fourth-order valence-electron chi connectivity index (χ4n) is 2.41. The summed E-state index contributed by atoms with van der Waals surface area (Å²) in [6, 6.07) is 18.2. The van der Waals surface area contributed by atoms with Crippen LogP contribution in [0.5, 0.6) is 11.6 Å². The van der Waals surface area contributed by atoms with Crippen LogP contribution in [0, 0.1) is 0 Å². The molecule has 0 aliphatic carbocycles. The Kier molecular flexibility index (Phi) is 4.95. The van der Waals surface area contributed by atoms with E-state index in [0.717, 1.165) is 16.7 Å². The molecule has 0 saturated carbocycles. The first-order valence-corrected chi connectivity index (χ1v) is 7.72. The molecule has 1 N–H and O–H groups in total. The Hall–Kier alpha value is -3.34. The second kappa shape index (κ2) is 7.49. The number of nitrogens with zero attached hydrogens (tertiary/aromatic N) is 1. The molecule has 0 fully saturated rings. The lowest BCUT2D eigenvalue weighted by molar-refractivity contribution is 0.0692. The minimum atomic E-state index is -1.04. The Labute approximate surface area is 145 Å². The first-order chi connectivity index (χ1) is 12.2. The molecule has 3 aromatic rings. The fourth-order valence-corrected chi connectivity index (χ4v) is 2.41. The van der Waals surface area contributed by atoms with Gasteiger partial charge in [0.1, 0.15) is 17.9 Å². The van der Waals surface area contributed by atoms with Crippen molar-refractivity contribution in [1.82, 2.24) is 4.98 Å². The molecule has 1 heterocycles. The van der Waals surface area contributed by atoms with Crippen LogP contribution in [0.15, 0.2) is 66.9 Å². The summed E-state index contributed by atoms with van der Waals surface area (Å²) in [4.78, 5) is 15.7. The molecule has 0 atom stereocenters. The van der Waals surface area contributed by atoms with E-state index in [-0.39, 0.29) is 5.56 Å². The van der Waals surface area contributed by atoms with Crippen LogP contribution in [-0.4, -0.2) is 23.2 Å². The first-order valence-electron chi connectivity index (χ1n) is 7.72.